The minimum Gasteiger partial charge on any atom is -0.462 e. The van der Waals surface area contributed by atoms with Gasteiger partial charge in [0, 0.05) is 0 Å². The molecule has 0 unspecified atom stereocenters. The van der Waals surface area contributed by atoms with E-state index in [0.29, 0.717) is 19.4 Å². The normalized spacial score (nSPS) is 21.3. The van der Waals surface area contributed by atoms with Gasteiger partial charge in [-0.15, -0.1) is 0 Å². The highest BCUT2D eigenvalue weighted by atomic mass is 32.2. The van der Waals surface area contributed by atoms with E-state index in [1.165, 1.54) is 0 Å². The van der Waals surface area contributed by atoms with Crippen molar-refractivity contribution >= 4 is 16.1 Å². The Morgan fingerprint density at radius 2 is 2.23 bits per heavy atom. The van der Waals surface area contributed by atoms with Crippen molar-refractivity contribution in [2.24, 2.45) is 0 Å². The van der Waals surface area contributed by atoms with E-state index in [2.05, 4.69) is 8.92 Å². The number of carbonyl (C=O) groups is 1. The minimum absolute atomic E-state index is 0.261. The Balaban J connectivity index is 2.64. The van der Waals surface area contributed by atoms with Crippen molar-refractivity contribution in [3.63, 3.8) is 0 Å². The highest BCUT2D eigenvalue weighted by Crippen LogP contribution is 2.14. The summed E-state index contributed by atoms with van der Waals surface area (Å²) >= 11 is 0. The first kappa shape index (κ1) is 10.0. The van der Waals surface area contributed by atoms with Crippen LogP contribution < -0.4 is 0 Å². The molecule has 13 heavy (non-hydrogen) atoms. The van der Waals surface area contributed by atoms with Crippen LogP contribution in [0.5, 0.6) is 0 Å². The molecule has 1 fully saturated rings. The maximum absolute atomic E-state index is 10.9. The lowest BCUT2D eigenvalue weighted by molar-refractivity contribution is -0.141. The Kier molecular flexibility index (Phi) is 2.92. The Bertz CT molecular complexity index is 327. The third-order valence-electron chi connectivity index (χ3n) is 1.45. The molecule has 0 spiro atoms. The molecule has 0 saturated carbocycles. The third-order valence-corrected chi connectivity index (χ3v) is 1.90. The van der Waals surface area contributed by atoms with Gasteiger partial charge < -0.3 is 8.92 Å². The van der Waals surface area contributed by atoms with Gasteiger partial charge in [0.05, 0.1) is 18.4 Å². The Hall–Kier alpha value is -1.04. The summed E-state index contributed by atoms with van der Waals surface area (Å²) in [7, 11) is -3.53. The van der Waals surface area contributed by atoms with Crippen LogP contribution in [0.1, 0.15) is 12.8 Å². The van der Waals surface area contributed by atoms with Crippen LogP contribution in [0, 0.1) is 0 Å². The van der Waals surface area contributed by atoms with E-state index in [-0.39, 0.29) is 5.57 Å². The highest BCUT2D eigenvalue weighted by molar-refractivity contribution is 7.86. The van der Waals surface area contributed by atoms with Crippen molar-refractivity contribution in [1.82, 2.24) is 0 Å². The Labute approximate surface area is 76.5 Å². The van der Waals surface area contributed by atoms with Gasteiger partial charge in [0.2, 0.25) is 0 Å². The van der Waals surface area contributed by atoms with Gasteiger partial charge in [-0.25, -0.2) is 4.79 Å². The van der Waals surface area contributed by atoms with Gasteiger partial charge in [-0.3, -0.25) is 0 Å². The van der Waals surface area contributed by atoms with Gasteiger partial charge >= 0.3 is 16.1 Å². The number of carbonyl (C=O) groups excluding carboxylic acids is 1. The summed E-state index contributed by atoms with van der Waals surface area (Å²) in [5, 5.41) is 0. The van der Waals surface area contributed by atoms with E-state index in [0.717, 1.165) is 12.5 Å². The maximum atomic E-state index is 10.9. The molecule has 1 heterocycles. The zero-order valence-electron chi connectivity index (χ0n) is 7.15. The summed E-state index contributed by atoms with van der Waals surface area (Å²) in [6.07, 6.45) is 3.05. The standard InChI is InChI=1S/C7H10O5S/c1-13(9,10)12-5-6-3-2-4-11-7(6)8/h5H,2-4H2,1H3/b6-5+. The summed E-state index contributed by atoms with van der Waals surface area (Å²) in [4.78, 5) is 10.9. The topological polar surface area (TPSA) is 69.7 Å². The van der Waals surface area contributed by atoms with Crippen LogP contribution in [0.15, 0.2) is 11.8 Å². The smallest absolute Gasteiger partial charge is 0.337 e. The van der Waals surface area contributed by atoms with Crippen LogP contribution in [0.2, 0.25) is 0 Å². The van der Waals surface area contributed by atoms with Crippen LogP contribution in [0.4, 0.5) is 0 Å². The van der Waals surface area contributed by atoms with Crippen LogP contribution in [-0.2, 0) is 23.8 Å². The maximum Gasteiger partial charge on any atom is 0.337 e. The molecule has 0 N–H and O–H groups in total. The van der Waals surface area contributed by atoms with Crippen molar-refractivity contribution in [2.45, 2.75) is 12.8 Å². The van der Waals surface area contributed by atoms with Crippen molar-refractivity contribution in [3.05, 3.63) is 11.8 Å². The fraction of sp³-hybridized carbons (Fsp3) is 0.571. The zero-order valence-corrected chi connectivity index (χ0v) is 7.96. The van der Waals surface area contributed by atoms with E-state index in [1.807, 2.05) is 0 Å². The molecular weight excluding hydrogens is 196 g/mol. The van der Waals surface area contributed by atoms with Gasteiger partial charge in [0.15, 0.2) is 0 Å². The van der Waals surface area contributed by atoms with E-state index in [9.17, 15) is 13.2 Å². The molecule has 0 aromatic carbocycles. The molecule has 1 rings (SSSR count). The molecule has 0 atom stereocenters. The molecule has 0 radical (unpaired) electrons. The van der Waals surface area contributed by atoms with Crippen molar-refractivity contribution < 1.29 is 22.1 Å². The summed E-state index contributed by atoms with van der Waals surface area (Å²) in [6, 6.07) is 0. The second-order valence-electron chi connectivity index (χ2n) is 2.68. The molecule has 0 aromatic rings. The molecule has 0 bridgehead atoms. The number of cyclic esters (lactones) is 1. The van der Waals surface area contributed by atoms with Crippen molar-refractivity contribution in [1.29, 1.82) is 0 Å². The van der Waals surface area contributed by atoms with Gasteiger partial charge in [-0.05, 0) is 12.8 Å². The van der Waals surface area contributed by atoms with Crippen molar-refractivity contribution in [3.8, 4) is 0 Å². The SMILES string of the molecule is CS(=O)(=O)O/C=C1\CCCOC1=O. The summed E-state index contributed by atoms with van der Waals surface area (Å²) in [5.41, 5.74) is 0.261. The molecule has 6 heteroatoms. The summed E-state index contributed by atoms with van der Waals surface area (Å²) < 4.78 is 30.1. The molecule has 74 valence electrons. The average Bonchev–Trinajstić information content (AvgIpc) is 2.01. The quantitative estimate of drug-likeness (QED) is 0.279. The van der Waals surface area contributed by atoms with E-state index >= 15 is 0 Å². The van der Waals surface area contributed by atoms with Crippen LogP contribution in [-0.4, -0.2) is 27.2 Å². The van der Waals surface area contributed by atoms with E-state index in [1.54, 1.807) is 0 Å². The van der Waals surface area contributed by atoms with Gasteiger partial charge in [0.1, 0.15) is 6.26 Å². The Morgan fingerprint density at radius 1 is 1.54 bits per heavy atom. The number of hydrogen-bond acceptors (Lipinski definition) is 5. The highest BCUT2D eigenvalue weighted by Gasteiger charge is 2.17. The molecule has 1 saturated heterocycles. The largest absolute Gasteiger partial charge is 0.462 e. The number of rotatable bonds is 2. The van der Waals surface area contributed by atoms with Gasteiger partial charge in [0.25, 0.3) is 0 Å². The first-order valence-electron chi connectivity index (χ1n) is 3.73. The number of hydrogen-bond donors (Lipinski definition) is 0. The molecular formula is C7H10O5S. The van der Waals surface area contributed by atoms with Crippen LogP contribution >= 0.6 is 0 Å². The Morgan fingerprint density at radius 3 is 2.77 bits per heavy atom. The molecule has 1 aliphatic heterocycles. The van der Waals surface area contributed by atoms with Crippen LogP contribution in [0.3, 0.4) is 0 Å². The predicted molar refractivity (Wildman–Crippen MR) is 44.2 cm³/mol. The summed E-state index contributed by atoms with van der Waals surface area (Å²) in [5.74, 6) is -0.505. The summed E-state index contributed by atoms with van der Waals surface area (Å²) in [6.45, 7) is 0.384. The van der Waals surface area contributed by atoms with Gasteiger partial charge in [-0.1, -0.05) is 0 Å². The average molecular weight is 206 g/mol. The van der Waals surface area contributed by atoms with E-state index < -0.39 is 16.1 Å². The lowest BCUT2D eigenvalue weighted by Gasteiger charge is -2.12. The lowest BCUT2D eigenvalue weighted by Crippen LogP contribution is -2.16. The second-order valence-corrected chi connectivity index (χ2v) is 4.28. The first-order chi connectivity index (χ1) is 5.99. The van der Waals surface area contributed by atoms with Crippen LogP contribution in [0.25, 0.3) is 0 Å². The molecule has 1 aliphatic rings. The van der Waals surface area contributed by atoms with Crippen molar-refractivity contribution in [2.75, 3.05) is 12.9 Å². The molecule has 5 nitrogen and oxygen atoms in total. The zero-order chi connectivity index (χ0) is 9.90. The molecule has 0 aliphatic carbocycles. The number of ether oxygens (including phenoxy) is 1. The fourth-order valence-electron chi connectivity index (χ4n) is 0.875. The molecule has 0 aromatic heterocycles. The lowest BCUT2D eigenvalue weighted by atomic mass is 10.1. The number of esters is 1. The second kappa shape index (κ2) is 3.78. The molecule has 0 amide bonds. The first-order valence-corrected chi connectivity index (χ1v) is 5.55. The third kappa shape index (κ3) is 3.45. The van der Waals surface area contributed by atoms with Gasteiger partial charge in [-0.2, -0.15) is 8.42 Å². The fourth-order valence-corrected chi connectivity index (χ4v) is 1.17. The monoisotopic (exact) mass is 206 g/mol. The minimum atomic E-state index is -3.53. The predicted octanol–water partition coefficient (Wildman–Crippen LogP) is 0.183. The van der Waals surface area contributed by atoms with E-state index in [4.69, 9.17) is 0 Å².